The van der Waals surface area contributed by atoms with Gasteiger partial charge in [-0.15, -0.1) is 0 Å². The molecule has 0 aromatic heterocycles. The average molecular weight is 657 g/mol. The molecule has 2 amide bonds. The van der Waals surface area contributed by atoms with E-state index in [1.807, 2.05) is 0 Å². The zero-order valence-electron chi connectivity index (χ0n) is 29.9. The molecule has 2 spiro atoms. The number of amides is 2. The standard InChI is InChI=1S/C38H60N2O7/c1-21(2)29(47-32(43)39-15-8-16-39)24-17-22(3)28-30(45-24)31(42)36(7)26-10-9-25-34(4,5)27(46-33(44)40-18-23(41)19-40)11-12-37(25)20-38(26,37)14-13-35(28,36)6/h21-31,41-42H,8-20H2,1-7H3/t22-,24?,25+,26?,27?,28+,29-,30?,31+,35-,36-,37-,38+/m1/s1. The Morgan fingerprint density at radius 2 is 1.57 bits per heavy atom. The monoisotopic (exact) mass is 656 g/mol. The molecule has 2 N–H and O–H groups in total. The van der Waals surface area contributed by atoms with Gasteiger partial charge in [-0.2, -0.15) is 0 Å². The Morgan fingerprint density at radius 3 is 2.21 bits per heavy atom. The van der Waals surface area contributed by atoms with Gasteiger partial charge in [0.1, 0.15) is 12.2 Å². The summed E-state index contributed by atoms with van der Waals surface area (Å²) in [5.41, 5.74) is 0.0591. The Bertz CT molecular complexity index is 1300. The van der Waals surface area contributed by atoms with Crippen LogP contribution < -0.4 is 0 Å². The summed E-state index contributed by atoms with van der Waals surface area (Å²) < 4.78 is 19.3. The van der Waals surface area contributed by atoms with Crippen molar-refractivity contribution in [2.24, 2.45) is 56.7 Å². The van der Waals surface area contributed by atoms with E-state index in [1.54, 1.807) is 9.80 Å². The molecule has 8 aliphatic rings. The number of fused-ring (bicyclic) bond motifs is 4. The average Bonchev–Trinajstić information content (AvgIpc) is 3.59. The SMILES string of the molecule is CC(C)[C@@H](OC(=O)N1CCC1)C1C[C@@H](C)[C@H]2C(O1)[C@H](O)[C@@]1(C)C3CC[C@H]4C(C)(C)C(OC(=O)N5CC(O)C5)CC[C@@]45C[C@@]35CC[C@]21C. The Balaban J connectivity index is 1.03. The fourth-order valence-corrected chi connectivity index (χ4v) is 13.9. The van der Waals surface area contributed by atoms with Crippen molar-refractivity contribution in [2.45, 2.75) is 143 Å². The van der Waals surface area contributed by atoms with Gasteiger partial charge >= 0.3 is 12.2 Å². The highest BCUT2D eigenvalue weighted by Crippen LogP contribution is 2.89. The number of ether oxygens (including phenoxy) is 3. The molecule has 8 rings (SSSR count). The molecule has 8 fully saturated rings. The molecule has 13 atom stereocenters. The fraction of sp³-hybridized carbons (Fsp3) is 0.947. The molecule has 9 nitrogen and oxygen atoms in total. The maximum absolute atomic E-state index is 12.9. The van der Waals surface area contributed by atoms with Crippen LogP contribution in [-0.2, 0) is 14.2 Å². The van der Waals surface area contributed by atoms with Crippen LogP contribution in [0.1, 0.15) is 106 Å². The summed E-state index contributed by atoms with van der Waals surface area (Å²) in [4.78, 5) is 29.2. The van der Waals surface area contributed by atoms with Crippen molar-refractivity contribution in [1.82, 2.24) is 9.80 Å². The summed E-state index contributed by atoms with van der Waals surface area (Å²) in [6, 6.07) is 0. The number of β-amino-alcohol motifs (C(OH)–C–C–N with tert-alkyl or cyclic N) is 1. The molecular weight excluding hydrogens is 596 g/mol. The smallest absolute Gasteiger partial charge is 0.410 e. The third-order valence-corrected chi connectivity index (χ3v) is 16.5. The largest absolute Gasteiger partial charge is 0.446 e. The van der Waals surface area contributed by atoms with Crippen LogP contribution in [0.2, 0.25) is 0 Å². The minimum atomic E-state index is -0.560. The molecule has 5 aliphatic carbocycles. The van der Waals surface area contributed by atoms with Gasteiger partial charge in [0.15, 0.2) is 0 Å². The number of aliphatic hydroxyl groups is 2. The summed E-state index contributed by atoms with van der Waals surface area (Å²) in [5.74, 6) is 1.68. The number of aliphatic hydroxyl groups excluding tert-OH is 2. The predicted octanol–water partition coefficient (Wildman–Crippen LogP) is 5.85. The van der Waals surface area contributed by atoms with Crippen molar-refractivity contribution in [3.05, 3.63) is 0 Å². The Morgan fingerprint density at radius 1 is 0.894 bits per heavy atom. The van der Waals surface area contributed by atoms with Crippen molar-refractivity contribution in [1.29, 1.82) is 0 Å². The van der Waals surface area contributed by atoms with Crippen molar-refractivity contribution >= 4 is 12.2 Å². The highest BCUT2D eigenvalue weighted by atomic mass is 16.6. The zero-order valence-corrected chi connectivity index (χ0v) is 29.9. The molecule has 264 valence electrons. The van der Waals surface area contributed by atoms with Gasteiger partial charge in [0, 0.05) is 23.9 Å². The molecular formula is C38H60N2O7. The first-order valence-corrected chi connectivity index (χ1v) is 19.0. The normalized spacial score (nSPS) is 50.1. The number of hydrogen-bond acceptors (Lipinski definition) is 7. The minimum absolute atomic E-state index is 0.0281. The lowest BCUT2D eigenvalue weighted by atomic mass is 9.41. The van der Waals surface area contributed by atoms with Crippen LogP contribution in [0.4, 0.5) is 9.59 Å². The van der Waals surface area contributed by atoms with Crippen LogP contribution in [-0.4, -0.2) is 95.0 Å². The van der Waals surface area contributed by atoms with Crippen molar-refractivity contribution < 1.29 is 34.0 Å². The van der Waals surface area contributed by atoms with Crippen molar-refractivity contribution in [3.8, 4) is 0 Å². The number of nitrogens with zero attached hydrogens (tertiary/aromatic N) is 2. The van der Waals surface area contributed by atoms with E-state index in [1.165, 1.54) is 12.8 Å². The molecule has 3 heterocycles. The summed E-state index contributed by atoms with van der Waals surface area (Å²) in [6.07, 6.45) is 7.20. The fourth-order valence-electron chi connectivity index (χ4n) is 13.9. The van der Waals surface area contributed by atoms with Crippen LogP contribution in [0, 0.1) is 56.7 Å². The Hall–Kier alpha value is -1.58. The zero-order chi connectivity index (χ0) is 33.5. The first-order chi connectivity index (χ1) is 22.1. The van der Waals surface area contributed by atoms with Gasteiger partial charge in [0.2, 0.25) is 0 Å². The minimum Gasteiger partial charge on any atom is -0.446 e. The quantitative estimate of drug-likeness (QED) is 0.391. The molecule has 0 bridgehead atoms. The molecule has 4 unspecified atom stereocenters. The molecule has 9 heteroatoms. The van der Waals surface area contributed by atoms with E-state index in [0.717, 1.165) is 58.0 Å². The Kier molecular flexibility index (Phi) is 7.27. The molecule has 0 radical (unpaired) electrons. The summed E-state index contributed by atoms with van der Waals surface area (Å²) >= 11 is 0. The number of likely N-dealkylation sites (tertiary alicyclic amines) is 2. The third-order valence-electron chi connectivity index (χ3n) is 16.5. The molecule has 3 aliphatic heterocycles. The molecule has 5 saturated carbocycles. The summed E-state index contributed by atoms with van der Waals surface area (Å²) in [5, 5.41) is 22.3. The van der Waals surface area contributed by atoms with E-state index in [0.29, 0.717) is 30.8 Å². The number of hydrogen-bond donors (Lipinski definition) is 2. The first kappa shape index (κ1) is 32.6. The first-order valence-electron chi connectivity index (χ1n) is 19.0. The lowest BCUT2D eigenvalue weighted by Crippen LogP contribution is -2.60. The second-order valence-corrected chi connectivity index (χ2v) is 18.9. The van der Waals surface area contributed by atoms with Gasteiger partial charge in [-0.1, -0.05) is 48.5 Å². The van der Waals surface area contributed by atoms with Crippen molar-refractivity contribution in [2.75, 3.05) is 26.2 Å². The van der Waals surface area contributed by atoms with Crippen molar-refractivity contribution in [3.63, 3.8) is 0 Å². The van der Waals surface area contributed by atoms with Gasteiger partial charge in [-0.3, -0.25) is 0 Å². The Labute approximate surface area is 281 Å². The molecule has 47 heavy (non-hydrogen) atoms. The maximum Gasteiger partial charge on any atom is 0.410 e. The van der Waals surface area contributed by atoms with E-state index >= 15 is 0 Å². The molecule has 0 aromatic rings. The molecule has 0 aromatic carbocycles. The second-order valence-electron chi connectivity index (χ2n) is 18.9. The van der Waals surface area contributed by atoms with E-state index < -0.39 is 12.2 Å². The van der Waals surface area contributed by atoms with Gasteiger partial charge < -0.3 is 34.2 Å². The maximum atomic E-state index is 12.9. The van der Waals surface area contributed by atoms with Crippen LogP contribution in [0.3, 0.4) is 0 Å². The summed E-state index contributed by atoms with van der Waals surface area (Å²) in [6.45, 7) is 18.4. The van der Waals surface area contributed by atoms with Crippen LogP contribution in [0.5, 0.6) is 0 Å². The third kappa shape index (κ3) is 4.17. The summed E-state index contributed by atoms with van der Waals surface area (Å²) in [7, 11) is 0. The van der Waals surface area contributed by atoms with Gasteiger partial charge in [-0.25, -0.2) is 9.59 Å². The van der Waals surface area contributed by atoms with E-state index in [4.69, 9.17) is 14.2 Å². The number of carbonyl (C=O) groups is 2. The van der Waals surface area contributed by atoms with Gasteiger partial charge in [0.05, 0.1) is 37.5 Å². The van der Waals surface area contributed by atoms with E-state index in [-0.39, 0.29) is 75.5 Å². The molecule has 3 saturated heterocycles. The van der Waals surface area contributed by atoms with E-state index in [2.05, 4.69) is 48.5 Å². The van der Waals surface area contributed by atoms with Gasteiger partial charge in [0.25, 0.3) is 0 Å². The van der Waals surface area contributed by atoms with Crippen LogP contribution >= 0.6 is 0 Å². The second kappa shape index (κ2) is 10.5. The highest BCUT2D eigenvalue weighted by molar-refractivity contribution is 5.69. The predicted molar refractivity (Wildman–Crippen MR) is 175 cm³/mol. The highest BCUT2D eigenvalue weighted by Gasteiger charge is 2.84. The van der Waals surface area contributed by atoms with Crippen LogP contribution in [0.25, 0.3) is 0 Å². The van der Waals surface area contributed by atoms with Gasteiger partial charge in [-0.05, 0) is 104 Å². The van der Waals surface area contributed by atoms with E-state index in [9.17, 15) is 19.8 Å². The lowest BCUT2D eigenvalue weighted by molar-refractivity contribution is -0.186. The topological polar surface area (TPSA) is 109 Å². The van der Waals surface area contributed by atoms with Crippen LogP contribution in [0.15, 0.2) is 0 Å². The number of carbonyl (C=O) groups excluding carboxylic acids is 2. The number of rotatable bonds is 4. The lowest BCUT2D eigenvalue weighted by Gasteiger charge is -2.63.